The van der Waals surface area contributed by atoms with Gasteiger partial charge in [-0.05, 0) is 54.1 Å². The normalized spacial score (nSPS) is 28.0. The van der Waals surface area contributed by atoms with Crippen LogP contribution in [0.15, 0.2) is 41.1 Å². The van der Waals surface area contributed by atoms with E-state index in [1.165, 1.54) is 29.5 Å². The predicted octanol–water partition coefficient (Wildman–Crippen LogP) is 5.06. The summed E-state index contributed by atoms with van der Waals surface area (Å²) in [5.41, 5.74) is 4.17. The van der Waals surface area contributed by atoms with Crippen LogP contribution < -0.4 is 0 Å². The SMILES string of the molecule is Cc1ccc(CN2CC[C@H]3[C@@H](C2)[C@H](c2ccsc2)CN3C(=O)C2CCCC2)cc1. The van der Waals surface area contributed by atoms with Crippen molar-refractivity contribution in [3.05, 3.63) is 57.8 Å². The standard InChI is InChI=1S/C25H32N2OS/c1-18-6-8-19(9-7-18)14-26-12-10-24-23(15-26)22(21-11-13-29-17-21)16-27(24)25(28)20-4-2-3-5-20/h6-9,11,13,17,20,22-24H,2-5,10,12,14-16H2,1H3/t22-,23-,24-/m0/s1. The second kappa shape index (κ2) is 8.23. The van der Waals surface area contributed by atoms with Crippen molar-refractivity contribution >= 4 is 17.2 Å². The molecule has 1 saturated carbocycles. The Morgan fingerprint density at radius 2 is 1.86 bits per heavy atom. The van der Waals surface area contributed by atoms with Crippen molar-refractivity contribution in [2.75, 3.05) is 19.6 Å². The molecule has 3 atom stereocenters. The average Bonchev–Trinajstić information content (AvgIpc) is 3.49. The molecule has 4 heteroatoms. The zero-order valence-corrected chi connectivity index (χ0v) is 18.2. The molecule has 3 fully saturated rings. The Labute approximate surface area is 178 Å². The number of carbonyl (C=O) groups is 1. The van der Waals surface area contributed by atoms with Gasteiger partial charge in [0.15, 0.2) is 0 Å². The van der Waals surface area contributed by atoms with Crippen LogP contribution in [0.3, 0.4) is 0 Å². The van der Waals surface area contributed by atoms with Crippen LogP contribution >= 0.6 is 11.3 Å². The number of hydrogen-bond acceptors (Lipinski definition) is 3. The van der Waals surface area contributed by atoms with Gasteiger partial charge in [0, 0.05) is 50.0 Å². The molecule has 3 heterocycles. The van der Waals surface area contributed by atoms with Gasteiger partial charge in [-0.2, -0.15) is 11.3 Å². The molecule has 1 amide bonds. The summed E-state index contributed by atoms with van der Waals surface area (Å²) in [6.07, 6.45) is 5.80. The van der Waals surface area contributed by atoms with Crippen molar-refractivity contribution in [2.45, 2.75) is 57.5 Å². The molecule has 3 aliphatic rings. The van der Waals surface area contributed by atoms with Crippen LogP contribution in [-0.2, 0) is 11.3 Å². The summed E-state index contributed by atoms with van der Waals surface area (Å²) in [6.45, 7) is 6.30. The number of aryl methyl sites for hydroxylation is 1. The lowest BCUT2D eigenvalue weighted by molar-refractivity contribution is -0.137. The van der Waals surface area contributed by atoms with Crippen LogP contribution in [0.25, 0.3) is 0 Å². The minimum absolute atomic E-state index is 0.294. The van der Waals surface area contributed by atoms with Crippen molar-refractivity contribution in [1.82, 2.24) is 9.80 Å². The topological polar surface area (TPSA) is 23.6 Å². The highest BCUT2D eigenvalue weighted by Gasteiger charge is 2.48. The summed E-state index contributed by atoms with van der Waals surface area (Å²) in [4.78, 5) is 18.3. The van der Waals surface area contributed by atoms with Crippen LogP contribution in [0.4, 0.5) is 0 Å². The molecule has 29 heavy (non-hydrogen) atoms. The van der Waals surface area contributed by atoms with Gasteiger partial charge >= 0.3 is 0 Å². The summed E-state index contributed by atoms with van der Waals surface area (Å²) in [5, 5.41) is 4.50. The fourth-order valence-corrected chi connectivity index (χ4v) is 6.62. The second-order valence-corrected chi connectivity index (χ2v) is 10.2. The summed E-state index contributed by atoms with van der Waals surface area (Å²) in [6, 6.07) is 11.7. The monoisotopic (exact) mass is 408 g/mol. The maximum atomic E-state index is 13.3. The van der Waals surface area contributed by atoms with Crippen molar-refractivity contribution in [3.8, 4) is 0 Å². The first-order valence-electron chi connectivity index (χ1n) is 11.3. The minimum Gasteiger partial charge on any atom is -0.338 e. The first kappa shape index (κ1) is 19.3. The third kappa shape index (κ3) is 3.89. The molecule has 0 bridgehead atoms. The van der Waals surface area contributed by atoms with Gasteiger partial charge < -0.3 is 4.90 Å². The van der Waals surface area contributed by atoms with E-state index >= 15 is 0 Å². The van der Waals surface area contributed by atoms with E-state index in [1.807, 2.05) is 0 Å². The molecule has 0 unspecified atom stereocenters. The molecule has 0 N–H and O–H groups in total. The van der Waals surface area contributed by atoms with Gasteiger partial charge in [0.05, 0.1) is 0 Å². The van der Waals surface area contributed by atoms with E-state index in [1.54, 1.807) is 11.3 Å². The first-order valence-corrected chi connectivity index (χ1v) is 12.2. The van der Waals surface area contributed by atoms with Crippen LogP contribution in [-0.4, -0.2) is 41.4 Å². The van der Waals surface area contributed by atoms with Gasteiger partial charge in [-0.15, -0.1) is 0 Å². The fourth-order valence-electron chi connectivity index (χ4n) is 5.90. The van der Waals surface area contributed by atoms with Gasteiger partial charge in [0.2, 0.25) is 5.91 Å². The number of hydrogen-bond donors (Lipinski definition) is 0. The lowest BCUT2D eigenvalue weighted by atomic mass is 9.82. The van der Waals surface area contributed by atoms with Gasteiger partial charge in [-0.1, -0.05) is 42.7 Å². The van der Waals surface area contributed by atoms with E-state index in [0.29, 0.717) is 29.7 Å². The quantitative estimate of drug-likeness (QED) is 0.706. The van der Waals surface area contributed by atoms with Gasteiger partial charge in [0.25, 0.3) is 0 Å². The van der Waals surface area contributed by atoms with E-state index in [-0.39, 0.29) is 0 Å². The molecule has 0 spiro atoms. The van der Waals surface area contributed by atoms with E-state index in [0.717, 1.165) is 45.4 Å². The van der Waals surface area contributed by atoms with Crippen molar-refractivity contribution < 1.29 is 4.79 Å². The third-order valence-corrected chi connectivity index (χ3v) is 8.20. The zero-order chi connectivity index (χ0) is 19.8. The highest BCUT2D eigenvalue weighted by molar-refractivity contribution is 7.08. The van der Waals surface area contributed by atoms with Crippen molar-refractivity contribution in [2.24, 2.45) is 11.8 Å². The molecular formula is C25H32N2OS. The molecular weight excluding hydrogens is 376 g/mol. The van der Waals surface area contributed by atoms with Crippen LogP contribution in [0, 0.1) is 18.8 Å². The number of carbonyl (C=O) groups excluding carboxylic acids is 1. The minimum atomic E-state index is 0.294. The van der Waals surface area contributed by atoms with Crippen LogP contribution in [0.1, 0.15) is 54.7 Å². The number of piperidine rings is 1. The first-order chi connectivity index (χ1) is 14.2. The molecule has 2 saturated heterocycles. The number of likely N-dealkylation sites (tertiary alicyclic amines) is 2. The molecule has 2 aliphatic heterocycles. The Morgan fingerprint density at radius 3 is 2.59 bits per heavy atom. The molecule has 5 rings (SSSR count). The summed E-state index contributed by atoms with van der Waals surface area (Å²) in [7, 11) is 0. The molecule has 3 nitrogen and oxygen atoms in total. The summed E-state index contributed by atoms with van der Waals surface area (Å²) >= 11 is 1.79. The highest BCUT2D eigenvalue weighted by Crippen LogP contribution is 2.43. The Kier molecular flexibility index (Phi) is 5.49. The number of amides is 1. The van der Waals surface area contributed by atoms with E-state index < -0.39 is 0 Å². The Balaban J connectivity index is 1.34. The second-order valence-electron chi connectivity index (χ2n) is 9.38. The number of benzene rings is 1. The largest absolute Gasteiger partial charge is 0.338 e. The maximum Gasteiger partial charge on any atom is 0.225 e. The van der Waals surface area contributed by atoms with Gasteiger partial charge in [-0.3, -0.25) is 9.69 Å². The highest BCUT2D eigenvalue weighted by atomic mass is 32.1. The summed E-state index contributed by atoms with van der Waals surface area (Å²) < 4.78 is 0. The smallest absolute Gasteiger partial charge is 0.225 e. The number of fused-ring (bicyclic) bond motifs is 1. The Bertz CT molecular complexity index is 825. The lowest BCUT2D eigenvalue weighted by Gasteiger charge is -2.39. The molecule has 154 valence electrons. The lowest BCUT2D eigenvalue weighted by Crippen LogP contribution is -2.48. The maximum absolute atomic E-state index is 13.3. The Morgan fingerprint density at radius 1 is 1.07 bits per heavy atom. The van der Waals surface area contributed by atoms with E-state index in [2.05, 4.69) is 57.8 Å². The molecule has 2 aromatic rings. The van der Waals surface area contributed by atoms with Crippen LogP contribution in [0.2, 0.25) is 0 Å². The predicted molar refractivity (Wildman–Crippen MR) is 119 cm³/mol. The van der Waals surface area contributed by atoms with Crippen molar-refractivity contribution in [3.63, 3.8) is 0 Å². The van der Waals surface area contributed by atoms with Crippen molar-refractivity contribution in [1.29, 1.82) is 0 Å². The number of nitrogens with zero attached hydrogens (tertiary/aromatic N) is 2. The van der Waals surface area contributed by atoms with Gasteiger partial charge in [-0.25, -0.2) is 0 Å². The third-order valence-electron chi connectivity index (χ3n) is 7.50. The van der Waals surface area contributed by atoms with Gasteiger partial charge in [0.1, 0.15) is 0 Å². The van der Waals surface area contributed by atoms with E-state index in [4.69, 9.17) is 0 Å². The number of thiophene rings is 1. The zero-order valence-electron chi connectivity index (χ0n) is 17.4. The van der Waals surface area contributed by atoms with Crippen LogP contribution in [0.5, 0.6) is 0 Å². The fraction of sp³-hybridized carbons (Fsp3) is 0.560. The molecule has 1 aromatic carbocycles. The Hall–Kier alpha value is -1.65. The van der Waals surface area contributed by atoms with E-state index in [9.17, 15) is 4.79 Å². The summed E-state index contributed by atoms with van der Waals surface area (Å²) in [5.74, 6) is 1.82. The molecule has 1 aliphatic carbocycles. The average molecular weight is 409 g/mol. The molecule has 1 aromatic heterocycles. The molecule has 0 radical (unpaired) electrons. The number of rotatable bonds is 4.